The van der Waals surface area contributed by atoms with Crippen molar-refractivity contribution in [2.24, 2.45) is 0 Å². The smallest absolute Gasteiger partial charge is 0.137 e. The summed E-state index contributed by atoms with van der Waals surface area (Å²) in [6.45, 7) is 1.48. The molecule has 0 bridgehead atoms. The number of benzene rings is 1. The summed E-state index contributed by atoms with van der Waals surface area (Å²) < 4.78 is 2.01. The molecule has 0 saturated carbocycles. The molecule has 1 aromatic carbocycles. The molecular weight excluding hydrogens is 238 g/mol. The molecule has 0 spiro atoms. The van der Waals surface area contributed by atoms with E-state index in [2.05, 4.69) is 10.3 Å². The van der Waals surface area contributed by atoms with Crippen molar-refractivity contribution in [2.45, 2.75) is 13.1 Å². The number of aromatic hydroxyl groups is 1. The van der Waals surface area contributed by atoms with Crippen molar-refractivity contribution in [3.8, 4) is 5.75 Å². The number of nitrogens with zero attached hydrogens (tertiary/aromatic N) is 2. The molecule has 2 heterocycles. The van der Waals surface area contributed by atoms with E-state index in [1.807, 2.05) is 47.1 Å². The van der Waals surface area contributed by atoms with Crippen molar-refractivity contribution in [3.05, 3.63) is 66.1 Å². The van der Waals surface area contributed by atoms with Crippen LogP contribution in [0.2, 0.25) is 0 Å². The number of nitrogens with one attached hydrogen (secondary N) is 1. The number of hydrogen-bond donors (Lipinski definition) is 2. The van der Waals surface area contributed by atoms with Crippen LogP contribution in [-0.2, 0) is 13.1 Å². The molecular formula is C15H15N3O. The quantitative estimate of drug-likeness (QED) is 0.750. The van der Waals surface area contributed by atoms with Crippen LogP contribution in [0.1, 0.15) is 11.3 Å². The highest BCUT2D eigenvalue weighted by Gasteiger charge is 2.00. The van der Waals surface area contributed by atoms with Crippen LogP contribution < -0.4 is 5.32 Å². The van der Waals surface area contributed by atoms with E-state index in [-0.39, 0.29) is 0 Å². The number of phenolic OH excluding ortho intramolecular Hbond substituents is 1. The van der Waals surface area contributed by atoms with Crippen molar-refractivity contribution < 1.29 is 5.11 Å². The number of aromatic nitrogens is 2. The van der Waals surface area contributed by atoms with Crippen molar-refractivity contribution >= 4 is 5.65 Å². The van der Waals surface area contributed by atoms with Gasteiger partial charge in [0.2, 0.25) is 0 Å². The van der Waals surface area contributed by atoms with Gasteiger partial charge < -0.3 is 14.8 Å². The fourth-order valence-corrected chi connectivity index (χ4v) is 2.02. The lowest BCUT2D eigenvalue weighted by Gasteiger charge is -2.02. The molecule has 0 saturated heterocycles. The van der Waals surface area contributed by atoms with Gasteiger partial charge in [-0.2, -0.15) is 0 Å². The number of hydrogen-bond acceptors (Lipinski definition) is 3. The fourth-order valence-electron chi connectivity index (χ4n) is 2.02. The molecule has 0 unspecified atom stereocenters. The van der Waals surface area contributed by atoms with E-state index in [4.69, 9.17) is 0 Å². The molecule has 0 fully saturated rings. The summed E-state index contributed by atoms with van der Waals surface area (Å²) in [5, 5.41) is 12.5. The topological polar surface area (TPSA) is 49.6 Å². The predicted octanol–water partition coefficient (Wildman–Crippen LogP) is 2.33. The van der Waals surface area contributed by atoms with E-state index >= 15 is 0 Å². The molecule has 0 aliphatic carbocycles. The Morgan fingerprint density at radius 3 is 2.68 bits per heavy atom. The third kappa shape index (κ3) is 2.74. The number of fused-ring (bicyclic) bond motifs is 1. The largest absolute Gasteiger partial charge is 0.508 e. The zero-order chi connectivity index (χ0) is 13.1. The highest BCUT2D eigenvalue weighted by atomic mass is 16.3. The first-order chi connectivity index (χ1) is 9.31. The molecule has 2 aromatic heterocycles. The van der Waals surface area contributed by atoms with Crippen LogP contribution in [0.25, 0.3) is 5.65 Å². The molecule has 0 aliphatic heterocycles. The lowest BCUT2D eigenvalue weighted by Crippen LogP contribution is -2.12. The predicted molar refractivity (Wildman–Crippen MR) is 73.8 cm³/mol. The van der Waals surface area contributed by atoms with Crippen molar-refractivity contribution in [2.75, 3.05) is 0 Å². The summed E-state index contributed by atoms with van der Waals surface area (Å²) in [7, 11) is 0. The summed E-state index contributed by atoms with van der Waals surface area (Å²) in [5.74, 6) is 0.295. The minimum atomic E-state index is 0.295. The summed E-state index contributed by atoms with van der Waals surface area (Å²) >= 11 is 0. The summed E-state index contributed by atoms with van der Waals surface area (Å²) in [6, 6.07) is 13.2. The Labute approximate surface area is 111 Å². The second-order valence-electron chi connectivity index (χ2n) is 4.47. The molecule has 0 amide bonds. The first-order valence-corrected chi connectivity index (χ1v) is 6.22. The van der Waals surface area contributed by atoms with Crippen LogP contribution >= 0.6 is 0 Å². The Morgan fingerprint density at radius 2 is 1.89 bits per heavy atom. The van der Waals surface area contributed by atoms with Gasteiger partial charge in [-0.3, -0.25) is 0 Å². The Balaban J connectivity index is 1.61. The molecule has 4 nitrogen and oxygen atoms in total. The van der Waals surface area contributed by atoms with E-state index in [1.54, 1.807) is 12.1 Å². The molecule has 4 heteroatoms. The highest BCUT2D eigenvalue weighted by Crippen LogP contribution is 2.09. The minimum absolute atomic E-state index is 0.295. The third-order valence-electron chi connectivity index (χ3n) is 2.99. The van der Waals surface area contributed by atoms with Gasteiger partial charge in [0.15, 0.2) is 0 Å². The molecule has 96 valence electrons. The molecule has 0 aliphatic rings. The van der Waals surface area contributed by atoms with Gasteiger partial charge >= 0.3 is 0 Å². The van der Waals surface area contributed by atoms with Gasteiger partial charge in [0.1, 0.15) is 11.4 Å². The van der Waals surface area contributed by atoms with Crippen molar-refractivity contribution in [1.29, 1.82) is 0 Å². The summed E-state index contributed by atoms with van der Waals surface area (Å²) in [5.41, 5.74) is 3.12. The molecule has 19 heavy (non-hydrogen) atoms. The summed E-state index contributed by atoms with van der Waals surface area (Å²) in [6.07, 6.45) is 4.02. The summed E-state index contributed by atoms with van der Waals surface area (Å²) in [4.78, 5) is 4.52. The number of imidazole rings is 1. The molecule has 0 atom stereocenters. The van der Waals surface area contributed by atoms with Gasteiger partial charge in [0.05, 0.1) is 5.69 Å². The zero-order valence-corrected chi connectivity index (χ0v) is 10.5. The Bertz CT molecular complexity index is 640. The lowest BCUT2D eigenvalue weighted by molar-refractivity contribution is 0.475. The van der Waals surface area contributed by atoms with Crippen LogP contribution in [0, 0.1) is 0 Å². The number of rotatable bonds is 4. The molecule has 3 aromatic rings. The van der Waals surface area contributed by atoms with Crippen LogP contribution in [0.3, 0.4) is 0 Å². The van der Waals surface area contributed by atoms with E-state index in [9.17, 15) is 5.11 Å². The van der Waals surface area contributed by atoms with E-state index in [0.717, 1.165) is 30.0 Å². The Morgan fingerprint density at radius 1 is 1.05 bits per heavy atom. The van der Waals surface area contributed by atoms with Gasteiger partial charge in [-0.1, -0.05) is 18.2 Å². The molecule has 3 rings (SSSR count). The zero-order valence-electron chi connectivity index (χ0n) is 10.5. The minimum Gasteiger partial charge on any atom is -0.508 e. The number of phenols is 1. The third-order valence-corrected chi connectivity index (χ3v) is 2.99. The standard InChI is InChI=1S/C15H15N3O/c19-14-6-4-12(5-7-14)9-16-10-13-11-18-8-2-1-3-15(18)17-13/h1-8,11,16,19H,9-10H2. The monoisotopic (exact) mass is 253 g/mol. The van der Waals surface area contributed by atoms with E-state index < -0.39 is 0 Å². The van der Waals surface area contributed by atoms with Crippen molar-refractivity contribution in [1.82, 2.24) is 14.7 Å². The SMILES string of the molecule is Oc1ccc(CNCc2cn3ccccc3n2)cc1. The number of pyridine rings is 1. The molecule has 0 radical (unpaired) electrons. The van der Waals surface area contributed by atoms with E-state index in [0.29, 0.717) is 5.75 Å². The van der Waals surface area contributed by atoms with Crippen LogP contribution in [-0.4, -0.2) is 14.5 Å². The first-order valence-electron chi connectivity index (χ1n) is 6.22. The van der Waals surface area contributed by atoms with Crippen LogP contribution in [0.5, 0.6) is 5.75 Å². The van der Waals surface area contributed by atoms with Crippen LogP contribution in [0.4, 0.5) is 0 Å². The second-order valence-corrected chi connectivity index (χ2v) is 4.47. The maximum absolute atomic E-state index is 9.21. The van der Waals surface area contributed by atoms with Crippen LogP contribution in [0.15, 0.2) is 54.9 Å². The fraction of sp³-hybridized carbons (Fsp3) is 0.133. The van der Waals surface area contributed by atoms with Gasteiger partial charge in [-0.05, 0) is 29.8 Å². The van der Waals surface area contributed by atoms with Gasteiger partial charge in [-0.25, -0.2) is 4.98 Å². The maximum Gasteiger partial charge on any atom is 0.137 e. The van der Waals surface area contributed by atoms with Gasteiger partial charge in [-0.15, -0.1) is 0 Å². The second kappa shape index (κ2) is 5.12. The first kappa shape index (κ1) is 11.7. The van der Waals surface area contributed by atoms with Gasteiger partial charge in [0.25, 0.3) is 0 Å². The normalized spacial score (nSPS) is 10.9. The molecule has 2 N–H and O–H groups in total. The Hall–Kier alpha value is -2.33. The highest BCUT2D eigenvalue weighted by molar-refractivity contribution is 5.39. The van der Waals surface area contributed by atoms with Crippen molar-refractivity contribution in [3.63, 3.8) is 0 Å². The lowest BCUT2D eigenvalue weighted by atomic mass is 10.2. The van der Waals surface area contributed by atoms with E-state index in [1.165, 1.54) is 0 Å². The Kier molecular flexibility index (Phi) is 3.16. The average Bonchev–Trinajstić information content (AvgIpc) is 2.83. The maximum atomic E-state index is 9.21. The average molecular weight is 253 g/mol. The van der Waals surface area contributed by atoms with Gasteiger partial charge in [0, 0.05) is 25.5 Å².